The van der Waals surface area contributed by atoms with E-state index in [2.05, 4.69) is 35.3 Å². The van der Waals surface area contributed by atoms with Gasteiger partial charge in [0.1, 0.15) is 12.2 Å². The summed E-state index contributed by atoms with van der Waals surface area (Å²) in [5, 5.41) is 7.88. The van der Waals surface area contributed by atoms with Crippen LogP contribution in [0.2, 0.25) is 0 Å². The monoisotopic (exact) mass is 290 g/mol. The van der Waals surface area contributed by atoms with Crippen molar-refractivity contribution in [2.45, 2.75) is 52.1 Å². The second-order valence-electron chi connectivity index (χ2n) is 5.26. The summed E-state index contributed by atoms with van der Waals surface area (Å²) in [6.07, 6.45) is 6.44. The highest BCUT2D eigenvalue weighted by molar-refractivity contribution is 7.12. The van der Waals surface area contributed by atoms with E-state index in [0.717, 1.165) is 25.3 Å². The molecule has 0 spiro atoms. The number of aromatic nitrogens is 3. The van der Waals surface area contributed by atoms with E-state index in [9.17, 15) is 0 Å². The summed E-state index contributed by atoms with van der Waals surface area (Å²) in [7, 11) is 0. The molecule has 20 heavy (non-hydrogen) atoms. The number of hydrogen-bond donors (Lipinski definition) is 1. The largest absolute Gasteiger partial charge is 0.309 e. The second-order valence-corrected chi connectivity index (χ2v) is 6.43. The summed E-state index contributed by atoms with van der Waals surface area (Å²) in [6, 6.07) is 2.78. The minimum atomic E-state index is 0.366. The highest BCUT2D eigenvalue weighted by Gasteiger charge is 2.21. The van der Waals surface area contributed by atoms with E-state index in [1.807, 2.05) is 16.0 Å². The van der Waals surface area contributed by atoms with Gasteiger partial charge in [-0.25, -0.2) is 4.98 Å². The molecule has 0 saturated carbocycles. The third kappa shape index (κ3) is 2.65. The predicted octanol–water partition coefficient (Wildman–Crippen LogP) is 2.74. The van der Waals surface area contributed by atoms with Crippen molar-refractivity contribution in [1.82, 2.24) is 20.1 Å². The summed E-state index contributed by atoms with van der Waals surface area (Å²) in [6.45, 7) is 6.14. The van der Waals surface area contributed by atoms with Crippen LogP contribution < -0.4 is 5.32 Å². The van der Waals surface area contributed by atoms with Gasteiger partial charge < -0.3 is 5.32 Å². The van der Waals surface area contributed by atoms with Crippen molar-refractivity contribution in [3.63, 3.8) is 0 Å². The molecule has 1 aliphatic rings. The fourth-order valence-electron chi connectivity index (χ4n) is 2.94. The van der Waals surface area contributed by atoms with Gasteiger partial charge in [0.05, 0.1) is 0 Å². The van der Waals surface area contributed by atoms with Crippen LogP contribution in [-0.2, 0) is 25.8 Å². The average Bonchev–Trinajstić information content (AvgIpc) is 3.12. The first-order valence-corrected chi connectivity index (χ1v) is 8.35. The number of rotatable bonds is 6. The molecule has 5 heteroatoms. The minimum Gasteiger partial charge on any atom is -0.309 e. The molecule has 2 aromatic rings. The fraction of sp³-hybridized carbons (Fsp3) is 0.600. The number of nitrogens with one attached hydrogen (secondary N) is 1. The summed E-state index contributed by atoms with van der Waals surface area (Å²) >= 11 is 1.99. The van der Waals surface area contributed by atoms with Crippen molar-refractivity contribution in [2.75, 3.05) is 6.54 Å². The molecule has 0 saturated heterocycles. The number of nitrogens with zero attached hydrogens (tertiary/aromatic N) is 3. The zero-order valence-corrected chi connectivity index (χ0v) is 13.0. The van der Waals surface area contributed by atoms with Crippen LogP contribution in [0.25, 0.3) is 0 Å². The van der Waals surface area contributed by atoms with Gasteiger partial charge in [-0.1, -0.05) is 6.92 Å². The Morgan fingerprint density at radius 1 is 1.40 bits per heavy atom. The van der Waals surface area contributed by atoms with Crippen molar-refractivity contribution < 1.29 is 0 Å². The summed E-state index contributed by atoms with van der Waals surface area (Å²) in [4.78, 5) is 7.47. The molecule has 0 fully saturated rings. The van der Waals surface area contributed by atoms with Gasteiger partial charge >= 0.3 is 0 Å². The highest BCUT2D eigenvalue weighted by Crippen LogP contribution is 2.34. The SMILES string of the molecule is CCNC(Cc1ncnn1CC)c1cc2c(s1)CCC2. The van der Waals surface area contributed by atoms with Gasteiger partial charge in [0.25, 0.3) is 0 Å². The standard InChI is InChI=1S/C15H22N4S/c1-3-16-12(9-15-17-10-18-19(15)4-2)14-8-11-6-5-7-13(11)20-14/h8,10,12,16H,3-7,9H2,1-2H3. The van der Waals surface area contributed by atoms with Crippen LogP contribution in [0, 0.1) is 0 Å². The zero-order chi connectivity index (χ0) is 13.9. The molecule has 0 aromatic carbocycles. The number of fused-ring (bicyclic) bond motifs is 1. The lowest BCUT2D eigenvalue weighted by molar-refractivity contribution is 0.515. The summed E-state index contributed by atoms with van der Waals surface area (Å²) < 4.78 is 1.99. The summed E-state index contributed by atoms with van der Waals surface area (Å²) in [5.74, 6) is 1.08. The smallest absolute Gasteiger partial charge is 0.138 e. The van der Waals surface area contributed by atoms with Crippen LogP contribution in [0.3, 0.4) is 0 Å². The van der Waals surface area contributed by atoms with Gasteiger partial charge in [0, 0.05) is 28.8 Å². The first-order chi connectivity index (χ1) is 9.81. The number of hydrogen-bond acceptors (Lipinski definition) is 4. The number of likely N-dealkylation sites (N-methyl/N-ethyl adjacent to an activating group) is 1. The average molecular weight is 290 g/mol. The van der Waals surface area contributed by atoms with Crippen molar-refractivity contribution >= 4 is 11.3 Å². The van der Waals surface area contributed by atoms with Gasteiger partial charge in [-0.05, 0) is 44.4 Å². The van der Waals surface area contributed by atoms with Crippen LogP contribution >= 0.6 is 11.3 Å². The fourth-order valence-corrected chi connectivity index (χ4v) is 4.27. The molecule has 3 rings (SSSR count). The number of thiophene rings is 1. The number of aryl methyl sites for hydroxylation is 3. The maximum absolute atomic E-state index is 4.41. The predicted molar refractivity (Wildman–Crippen MR) is 82.2 cm³/mol. The highest BCUT2D eigenvalue weighted by atomic mass is 32.1. The molecular weight excluding hydrogens is 268 g/mol. The maximum Gasteiger partial charge on any atom is 0.138 e. The van der Waals surface area contributed by atoms with Crippen LogP contribution in [0.4, 0.5) is 0 Å². The molecule has 1 aliphatic carbocycles. The quantitative estimate of drug-likeness (QED) is 0.889. The van der Waals surface area contributed by atoms with Crippen molar-refractivity contribution in [2.24, 2.45) is 0 Å². The van der Waals surface area contributed by atoms with Crippen LogP contribution in [0.5, 0.6) is 0 Å². The van der Waals surface area contributed by atoms with Gasteiger partial charge in [-0.2, -0.15) is 5.10 Å². The minimum absolute atomic E-state index is 0.366. The van der Waals surface area contributed by atoms with Crippen LogP contribution in [0.1, 0.15) is 47.5 Å². The first kappa shape index (κ1) is 13.8. The first-order valence-electron chi connectivity index (χ1n) is 7.53. The van der Waals surface area contributed by atoms with E-state index in [-0.39, 0.29) is 0 Å². The molecule has 2 heterocycles. The Kier molecular flexibility index (Phi) is 4.17. The third-order valence-corrected chi connectivity index (χ3v) is 5.29. The van der Waals surface area contributed by atoms with Crippen LogP contribution in [-0.4, -0.2) is 21.3 Å². The summed E-state index contributed by atoms with van der Waals surface area (Å²) in [5.41, 5.74) is 1.57. The lowest BCUT2D eigenvalue weighted by Crippen LogP contribution is -2.23. The Morgan fingerprint density at radius 3 is 3.05 bits per heavy atom. The Bertz CT molecular complexity index is 551. The van der Waals surface area contributed by atoms with Crippen LogP contribution in [0.15, 0.2) is 12.4 Å². The van der Waals surface area contributed by atoms with Gasteiger partial charge in [0.2, 0.25) is 0 Å². The van der Waals surface area contributed by atoms with Crippen molar-refractivity contribution in [3.05, 3.63) is 33.5 Å². The van der Waals surface area contributed by atoms with Gasteiger partial charge in [-0.3, -0.25) is 4.68 Å². The zero-order valence-electron chi connectivity index (χ0n) is 12.2. The molecule has 0 bridgehead atoms. The molecular formula is C15H22N4S. The molecule has 0 aliphatic heterocycles. The Balaban J connectivity index is 1.81. The molecule has 4 nitrogen and oxygen atoms in total. The van der Waals surface area contributed by atoms with E-state index < -0.39 is 0 Å². The third-order valence-electron chi connectivity index (χ3n) is 3.94. The molecule has 108 valence electrons. The molecule has 1 N–H and O–H groups in total. The molecule has 0 radical (unpaired) electrons. The van der Waals surface area contributed by atoms with Gasteiger partial charge in [0.15, 0.2) is 0 Å². The normalized spacial score (nSPS) is 15.5. The second kappa shape index (κ2) is 6.06. The maximum atomic E-state index is 4.41. The molecule has 1 unspecified atom stereocenters. The van der Waals surface area contributed by atoms with Crippen molar-refractivity contribution in [1.29, 1.82) is 0 Å². The molecule has 2 aromatic heterocycles. The van der Waals surface area contributed by atoms with E-state index >= 15 is 0 Å². The van der Waals surface area contributed by atoms with E-state index in [4.69, 9.17) is 0 Å². The van der Waals surface area contributed by atoms with E-state index in [0.29, 0.717) is 6.04 Å². The molecule has 0 amide bonds. The Hall–Kier alpha value is -1.20. The van der Waals surface area contributed by atoms with E-state index in [1.165, 1.54) is 24.1 Å². The lowest BCUT2D eigenvalue weighted by Gasteiger charge is -2.16. The Labute approximate surface area is 124 Å². The van der Waals surface area contributed by atoms with Gasteiger partial charge in [-0.15, -0.1) is 11.3 Å². The molecule has 1 atom stereocenters. The topological polar surface area (TPSA) is 42.7 Å². The van der Waals surface area contributed by atoms with Crippen molar-refractivity contribution in [3.8, 4) is 0 Å². The Morgan fingerprint density at radius 2 is 2.30 bits per heavy atom. The van der Waals surface area contributed by atoms with E-state index in [1.54, 1.807) is 16.8 Å². The lowest BCUT2D eigenvalue weighted by atomic mass is 10.1.